The van der Waals surface area contributed by atoms with E-state index in [1.165, 1.54) is 0 Å². The monoisotopic (exact) mass is 218 g/mol. The lowest BCUT2D eigenvalue weighted by atomic mass is 9.93. The van der Waals surface area contributed by atoms with Crippen molar-refractivity contribution in [3.05, 3.63) is 35.6 Å². The van der Waals surface area contributed by atoms with Gasteiger partial charge >= 0.3 is 0 Å². The van der Waals surface area contributed by atoms with Crippen molar-refractivity contribution >= 4 is 11.3 Å². The Morgan fingerprint density at radius 3 is 2.33 bits per heavy atom. The lowest BCUT2D eigenvalue weighted by Gasteiger charge is -2.14. The number of nitrogens with zero attached hydrogens (tertiary/aromatic N) is 2. The van der Waals surface area contributed by atoms with Gasteiger partial charge in [0.1, 0.15) is 5.01 Å². The summed E-state index contributed by atoms with van der Waals surface area (Å²) in [4.78, 5) is 8.65. The molecule has 0 saturated heterocycles. The summed E-state index contributed by atoms with van der Waals surface area (Å²) in [6, 6.07) is 3.98. The molecule has 0 bridgehead atoms. The van der Waals surface area contributed by atoms with Crippen LogP contribution in [0.5, 0.6) is 0 Å². The van der Waals surface area contributed by atoms with E-state index < -0.39 is 0 Å². The van der Waals surface area contributed by atoms with Crippen LogP contribution in [0.15, 0.2) is 29.9 Å². The Balaban J connectivity index is 2.37. The molecule has 0 amide bonds. The van der Waals surface area contributed by atoms with Crippen molar-refractivity contribution in [1.29, 1.82) is 0 Å². The lowest BCUT2D eigenvalue weighted by molar-refractivity contribution is 0.573. The fourth-order valence-corrected chi connectivity index (χ4v) is 2.30. The Morgan fingerprint density at radius 1 is 1.13 bits per heavy atom. The maximum absolute atomic E-state index is 4.64. The SMILES string of the molecule is CC(C)(C)c1csc(-c2ccncc2)n1. The standard InChI is InChI=1S/C12H14N2S/c1-12(2,3)10-8-15-11(14-10)9-4-6-13-7-5-9/h4-8H,1-3H3. The summed E-state index contributed by atoms with van der Waals surface area (Å²) in [6.45, 7) is 6.54. The molecular weight excluding hydrogens is 204 g/mol. The molecule has 0 saturated carbocycles. The van der Waals surface area contributed by atoms with Crippen LogP contribution in [0.4, 0.5) is 0 Å². The highest BCUT2D eigenvalue weighted by molar-refractivity contribution is 7.13. The van der Waals surface area contributed by atoms with E-state index in [1.807, 2.05) is 12.1 Å². The molecule has 0 aliphatic carbocycles. The Kier molecular flexibility index (Phi) is 2.57. The van der Waals surface area contributed by atoms with Gasteiger partial charge in [0.2, 0.25) is 0 Å². The molecular formula is C12H14N2S. The average Bonchev–Trinajstić information content (AvgIpc) is 2.67. The van der Waals surface area contributed by atoms with Gasteiger partial charge in [-0.15, -0.1) is 11.3 Å². The van der Waals surface area contributed by atoms with Crippen LogP contribution < -0.4 is 0 Å². The van der Waals surface area contributed by atoms with Gasteiger partial charge in [0.05, 0.1) is 5.69 Å². The van der Waals surface area contributed by atoms with E-state index >= 15 is 0 Å². The molecule has 3 heteroatoms. The molecule has 0 radical (unpaired) electrons. The van der Waals surface area contributed by atoms with Crippen LogP contribution >= 0.6 is 11.3 Å². The smallest absolute Gasteiger partial charge is 0.123 e. The van der Waals surface area contributed by atoms with Crippen molar-refractivity contribution in [3.8, 4) is 10.6 Å². The Morgan fingerprint density at radius 2 is 1.80 bits per heavy atom. The first kappa shape index (κ1) is 10.3. The summed E-state index contributed by atoms with van der Waals surface area (Å²) in [5.74, 6) is 0. The lowest BCUT2D eigenvalue weighted by Crippen LogP contribution is -2.11. The van der Waals surface area contributed by atoms with Crippen molar-refractivity contribution < 1.29 is 0 Å². The van der Waals surface area contributed by atoms with Crippen LogP contribution in [0.1, 0.15) is 26.5 Å². The van der Waals surface area contributed by atoms with Crippen LogP contribution in [0.25, 0.3) is 10.6 Å². The van der Waals surface area contributed by atoms with Crippen molar-refractivity contribution in [2.24, 2.45) is 0 Å². The van der Waals surface area contributed by atoms with E-state index in [4.69, 9.17) is 0 Å². The van der Waals surface area contributed by atoms with Crippen LogP contribution in [-0.2, 0) is 5.41 Å². The minimum atomic E-state index is 0.127. The third-order valence-corrected chi connectivity index (χ3v) is 3.09. The highest BCUT2D eigenvalue weighted by Gasteiger charge is 2.17. The number of hydrogen-bond acceptors (Lipinski definition) is 3. The molecule has 2 nitrogen and oxygen atoms in total. The summed E-state index contributed by atoms with van der Waals surface area (Å²) in [7, 11) is 0. The average molecular weight is 218 g/mol. The van der Waals surface area contributed by atoms with Gasteiger partial charge in [0.15, 0.2) is 0 Å². The topological polar surface area (TPSA) is 25.8 Å². The van der Waals surface area contributed by atoms with Gasteiger partial charge in [-0.05, 0) is 12.1 Å². The van der Waals surface area contributed by atoms with Crippen molar-refractivity contribution in [2.75, 3.05) is 0 Å². The highest BCUT2D eigenvalue weighted by Crippen LogP contribution is 2.29. The summed E-state index contributed by atoms with van der Waals surface area (Å²) in [5.41, 5.74) is 2.42. The zero-order chi connectivity index (χ0) is 10.9. The molecule has 2 aromatic rings. The van der Waals surface area contributed by atoms with Gasteiger partial charge in [-0.3, -0.25) is 4.98 Å². The molecule has 2 aromatic heterocycles. The largest absolute Gasteiger partial charge is 0.265 e. The fourth-order valence-electron chi connectivity index (χ4n) is 1.25. The number of pyridine rings is 1. The van der Waals surface area contributed by atoms with Gasteiger partial charge in [0, 0.05) is 28.8 Å². The molecule has 0 aromatic carbocycles. The number of thiazole rings is 1. The van der Waals surface area contributed by atoms with Crippen LogP contribution in [0.3, 0.4) is 0 Å². The van der Waals surface area contributed by atoms with Gasteiger partial charge in [0.25, 0.3) is 0 Å². The minimum absolute atomic E-state index is 0.127. The molecule has 0 fully saturated rings. The number of hydrogen-bond donors (Lipinski definition) is 0. The first-order chi connectivity index (χ1) is 7.07. The Labute approximate surface area is 94.0 Å². The van der Waals surface area contributed by atoms with E-state index in [-0.39, 0.29) is 5.41 Å². The van der Waals surface area contributed by atoms with Crippen molar-refractivity contribution in [1.82, 2.24) is 9.97 Å². The molecule has 78 valence electrons. The quantitative estimate of drug-likeness (QED) is 0.732. The molecule has 0 atom stereocenters. The maximum atomic E-state index is 4.64. The maximum Gasteiger partial charge on any atom is 0.123 e. The Bertz CT molecular complexity index is 440. The summed E-state index contributed by atoms with van der Waals surface area (Å²) in [6.07, 6.45) is 3.60. The molecule has 2 rings (SSSR count). The molecule has 0 aliphatic heterocycles. The van der Waals surface area contributed by atoms with Gasteiger partial charge in [-0.25, -0.2) is 4.98 Å². The normalized spacial score (nSPS) is 11.7. The van der Waals surface area contributed by atoms with E-state index in [9.17, 15) is 0 Å². The molecule has 15 heavy (non-hydrogen) atoms. The van der Waals surface area contributed by atoms with Gasteiger partial charge in [-0.2, -0.15) is 0 Å². The zero-order valence-electron chi connectivity index (χ0n) is 9.19. The van der Waals surface area contributed by atoms with Gasteiger partial charge < -0.3 is 0 Å². The third-order valence-electron chi connectivity index (χ3n) is 2.20. The Hall–Kier alpha value is -1.22. The second-order valence-corrected chi connectivity index (χ2v) is 5.38. The van der Waals surface area contributed by atoms with Gasteiger partial charge in [-0.1, -0.05) is 20.8 Å². The van der Waals surface area contributed by atoms with E-state index in [1.54, 1.807) is 23.7 Å². The van der Waals surface area contributed by atoms with E-state index in [0.717, 1.165) is 16.3 Å². The van der Waals surface area contributed by atoms with Crippen LogP contribution in [0, 0.1) is 0 Å². The first-order valence-corrected chi connectivity index (χ1v) is 5.82. The molecule has 0 aliphatic rings. The second-order valence-electron chi connectivity index (χ2n) is 4.52. The predicted molar refractivity (Wildman–Crippen MR) is 64.0 cm³/mol. The summed E-state index contributed by atoms with van der Waals surface area (Å²) >= 11 is 1.69. The third kappa shape index (κ3) is 2.23. The number of aromatic nitrogens is 2. The first-order valence-electron chi connectivity index (χ1n) is 4.94. The van der Waals surface area contributed by atoms with Crippen LogP contribution in [0.2, 0.25) is 0 Å². The molecule has 0 N–H and O–H groups in total. The summed E-state index contributed by atoms with van der Waals surface area (Å²) < 4.78 is 0. The van der Waals surface area contributed by atoms with E-state index in [2.05, 4.69) is 36.1 Å². The molecule has 2 heterocycles. The second kappa shape index (κ2) is 3.74. The predicted octanol–water partition coefficient (Wildman–Crippen LogP) is 3.50. The van der Waals surface area contributed by atoms with E-state index in [0.29, 0.717) is 0 Å². The molecule has 0 spiro atoms. The van der Waals surface area contributed by atoms with Crippen molar-refractivity contribution in [3.63, 3.8) is 0 Å². The summed E-state index contributed by atoms with van der Waals surface area (Å²) in [5, 5.41) is 3.21. The zero-order valence-corrected chi connectivity index (χ0v) is 10.0. The molecule has 0 unspecified atom stereocenters. The highest BCUT2D eigenvalue weighted by atomic mass is 32.1. The number of rotatable bonds is 1. The van der Waals surface area contributed by atoms with Crippen LogP contribution in [-0.4, -0.2) is 9.97 Å². The minimum Gasteiger partial charge on any atom is -0.265 e. The fraction of sp³-hybridized carbons (Fsp3) is 0.333. The van der Waals surface area contributed by atoms with Crippen molar-refractivity contribution in [2.45, 2.75) is 26.2 Å².